The number of hydrogen-bond acceptors (Lipinski definition) is 2. The van der Waals surface area contributed by atoms with Crippen LogP contribution in [0.5, 0.6) is 0 Å². The van der Waals surface area contributed by atoms with Crippen LogP contribution in [-0.4, -0.2) is 12.6 Å². The first-order valence-electron chi connectivity index (χ1n) is 8.38. The fraction of sp³-hybridized carbons (Fsp3) is 0.556. The highest BCUT2D eigenvalue weighted by molar-refractivity contribution is 6.32. The van der Waals surface area contributed by atoms with Gasteiger partial charge in [-0.25, -0.2) is 0 Å². The first-order valence-corrected chi connectivity index (χ1v) is 8.76. The van der Waals surface area contributed by atoms with E-state index in [-0.39, 0.29) is 11.1 Å². The van der Waals surface area contributed by atoms with E-state index in [0.717, 1.165) is 18.1 Å². The third kappa shape index (κ3) is 5.71. The highest BCUT2D eigenvalue weighted by atomic mass is 35.5. The van der Waals surface area contributed by atoms with Gasteiger partial charge in [0.25, 0.3) is 0 Å². The third-order valence-corrected chi connectivity index (χ3v) is 3.91. The summed E-state index contributed by atoms with van der Waals surface area (Å²) in [4.78, 5) is 0. The van der Waals surface area contributed by atoms with E-state index < -0.39 is 11.7 Å². The molecular weight excluding hydrogens is 337 g/mol. The van der Waals surface area contributed by atoms with Crippen molar-refractivity contribution in [2.24, 2.45) is 0 Å². The molecule has 1 aliphatic rings. The average Bonchev–Trinajstić information content (AvgIpc) is 2.80. The third-order valence-electron chi connectivity index (χ3n) is 3.48. The van der Waals surface area contributed by atoms with Crippen LogP contribution >= 0.6 is 11.6 Å². The summed E-state index contributed by atoms with van der Waals surface area (Å²) in [6.45, 7) is 14.9. The molecule has 2 rings (SSSR count). The van der Waals surface area contributed by atoms with Crippen molar-refractivity contribution in [1.82, 2.24) is 5.32 Å². The SMILES string of the molecule is C=C(CC)C1CNCc2c(ccc(C(F)(F)F)c2Cl)N1.CC.CC. The molecule has 0 amide bonds. The second-order valence-electron chi connectivity index (χ2n) is 4.79. The predicted octanol–water partition coefficient (Wildman–Crippen LogP) is 6.26. The maximum absolute atomic E-state index is 12.8. The first kappa shape index (κ1) is 22.8. The molecule has 0 spiro atoms. The van der Waals surface area contributed by atoms with Crippen molar-refractivity contribution in [3.8, 4) is 0 Å². The molecule has 1 heterocycles. The Morgan fingerprint density at radius 1 is 1.25 bits per heavy atom. The van der Waals surface area contributed by atoms with Gasteiger partial charge in [-0.2, -0.15) is 13.2 Å². The smallest absolute Gasteiger partial charge is 0.377 e. The topological polar surface area (TPSA) is 24.1 Å². The Bertz CT molecular complexity index is 528. The minimum atomic E-state index is -4.44. The summed E-state index contributed by atoms with van der Waals surface area (Å²) in [5.74, 6) is 0. The Hall–Kier alpha value is -1.20. The summed E-state index contributed by atoms with van der Waals surface area (Å²) in [5.41, 5.74) is 1.29. The zero-order valence-corrected chi connectivity index (χ0v) is 15.8. The van der Waals surface area contributed by atoms with Crippen LogP contribution in [0.4, 0.5) is 18.9 Å². The number of nitrogens with one attached hydrogen (secondary N) is 2. The molecule has 0 radical (unpaired) electrons. The highest BCUT2D eigenvalue weighted by Crippen LogP contribution is 2.39. The molecule has 0 bridgehead atoms. The van der Waals surface area contributed by atoms with Crippen molar-refractivity contribution < 1.29 is 13.2 Å². The molecular formula is C18H28ClF3N2. The van der Waals surface area contributed by atoms with Crippen LogP contribution in [0, 0.1) is 0 Å². The number of benzene rings is 1. The fourth-order valence-corrected chi connectivity index (χ4v) is 2.56. The maximum Gasteiger partial charge on any atom is 0.417 e. The monoisotopic (exact) mass is 364 g/mol. The molecule has 0 aliphatic carbocycles. The van der Waals surface area contributed by atoms with Crippen LogP contribution in [0.3, 0.4) is 0 Å². The van der Waals surface area contributed by atoms with Gasteiger partial charge in [-0.05, 0) is 18.6 Å². The Balaban J connectivity index is 0.00000123. The van der Waals surface area contributed by atoms with Gasteiger partial charge in [0.2, 0.25) is 0 Å². The minimum Gasteiger partial charge on any atom is -0.377 e. The molecule has 1 atom stereocenters. The van der Waals surface area contributed by atoms with E-state index in [0.29, 0.717) is 24.3 Å². The van der Waals surface area contributed by atoms with Gasteiger partial charge in [-0.15, -0.1) is 0 Å². The number of hydrogen-bond donors (Lipinski definition) is 2. The van der Waals surface area contributed by atoms with Crippen LogP contribution in [0.1, 0.15) is 52.2 Å². The van der Waals surface area contributed by atoms with Crippen molar-refractivity contribution in [2.45, 2.75) is 59.8 Å². The lowest BCUT2D eigenvalue weighted by molar-refractivity contribution is -0.137. The van der Waals surface area contributed by atoms with Crippen LogP contribution in [0.25, 0.3) is 0 Å². The second-order valence-corrected chi connectivity index (χ2v) is 5.17. The Morgan fingerprint density at radius 2 is 1.83 bits per heavy atom. The average molecular weight is 365 g/mol. The van der Waals surface area contributed by atoms with E-state index in [2.05, 4.69) is 17.2 Å². The first-order chi connectivity index (χ1) is 11.3. The van der Waals surface area contributed by atoms with Gasteiger partial charge >= 0.3 is 6.18 Å². The summed E-state index contributed by atoms with van der Waals surface area (Å²) in [5, 5.41) is 6.09. The zero-order valence-electron chi connectivity index (χ0n) is 15.1. The Morgan fingerprint density at radius 3 is 2.33 bits per heavy atom. The lowest BCUT2D eigenvalue weighted by Crippen LogP contribution is -2.31. The normalized spacial score (nSPS) is 16.3. The van der Waals surface area contributed by atoms with Gasteiger partial charge in [0.1, 0.15) is 0 Å². The van der Waals surface area contributed by atoms with Crippen molar-refractivity contribution in [3.05, 3.63) is 40.4 Å². The number of fused-ring (bicyclic) bond motifs is 1. The molecule has 1 unspecified atom stereocenters. The summed E-state index contributed by atoms with van der Waals surface area (Å²) < 4.78 is 38.5. The van der Waals surface area contributed by atoms with Crippen molar-refractivity contribution >= 4 is 17.3 Å². The van der Waals surface area contributed by atoms with Crippen molar-refractivity contribution in [1.29, 1.82) is 0 Å². The van der Waals surface area contributed by atoms with Crippen LogP contribution < -0.4 is 10.6 Å². The molecule has 0 saturated heterocycles. The largest absolute Gasteiger partial charge is 0.417 e. The van der Waals surface area contributed by atoms with Gasteiger partial charge in [0, 0.05) is 24.3 Å². The summed E-state index contributed by atoms with van der Waals surface area (Å²) in [6, 6.07) is 2.45. The molecule has 2 N–H and O–H groups in total. The molecule has 2 nitrogen and oxygen atoms in total. The van der Waals surface area contributed by atoms with Crippen LogP contribution in [0.15, 0.2) is 24.3 Å². The van der Waals surface area contributed by atoms with E-state index >= 15 is 0 Å². The van der Waals surface area contributed by atoms with Crippen molar-refractivity contribution in [2.75, 3.05) is 11.9 Å². The standard InChI is InChI=1S/C14H16ClF3N2.2C2H6/c1-3-8(2)12-7-19-6-9-11(20-12)5-4-10(13(9)15)14(16,17)18;2*1-2/h4-5,12,19-20H,2-3,6-7H2,1H3;2*1-2H3. The maximum atomic E-state index is 12.8. The summed E-state index contributed by atoms with van der Waals surface area (Å²) in [7, 11) is 0. The van der Waals surface area contributed by atoms with Gasteiger partial charge in [0.15, 0.2) is 0 Å². The molecule has 0 saturated carbocycles. The fourth-order valence-electron chi connectivity index (χ4n) is 2.22. The molecule has 6 heteroatoms. The zero-order chi connectivity index (χ0) is 18.9. The molecule has 0 fully saturated rings. The Kier molecular flexibility index (Phi) is 10.1. The van der Waals surface area contributed by atoms with E-state index in [1.54, 1.807) is 0 Å². The lowest BCUT2D eigenvalue weighted by Gasteiger charge is -2.20. The van der Waals surface area contributed by atoms with Crippen molar-refractivity contribution in [3.63, 3.8) is 0 Å². The van der Waals surface area contributed by atoms with Crippen LogP contribution in [-0.2, 0) is 12.7 Å². The molecule has 1 aromatic rings. The number of halogens is 4. The number of anilines is 1. The summed E-state index contributed by atoms with van der Waals surface area (Å²) >= 11 is 5.92. The van der Waals surface area contributed by atoms with Gasteiger partial charge in [-0.3, -0.25) is 0 Å². The van der Waals surface area contributed by atoms with E-state index in [9.17, 15) is 13.2 Å². The molecule has 1 aliphatic heterocycles. The van der Waals surface area contributed by atoms with Gasteiger partial charge in [-0.1, -0.05) is 58.4 Å². The predicted molar refractivity (Wildman–Crippen MR) is 97.7 cm³/mol. The van der Waals surface area contributed by atoms with Crippen LogP contribution in [0.2, 0.25) is 5.02 Å². The molecule has 24 heavy (non-hydrogen) atoms. The lowest BCUT2D eigenvalue weighted by atomic mass is 10.1. The Labute approximate surface area is 148 Å². The van der Waals surface area contributed by atoms with E-state index in [1.807, 2.05) is 34.6 Å². The number of rotatable bonds is 2. The van der Waals surface area contributed by atoms with Gasteiger partial charge in [0.05, 0.1) is 16.6 Å². The molecule has 1 aromatic carbocycles. The van der Waals surface area contributed by atoms with E-state index in [4.69, 9.17) is 11.6 Å². The van der Waals surface area contributed by atoms with E-state index in [1.165, 1.54) is 6.07 Å². The minimum absolute atomic E-state index is 0.00551. The molecule has 0 aromatic heterocycles. The van der Waals surface area contributed by atoms with Gasteiger partial charge < -0.3 is 10.6 Å². The second kappa shape index (κ2) is 10.6. The summed E-state index contributed by atoms with van der Waals surface area (Å²) in [6.07, 6.45) is -3.63. The molecule has 138 valence electrons. The number of alkyl halides is 3. The highest BCUT2D eigenvalue weighted by Gasteiger charge is 2.35. The quantitative estimate of drug-likeness (QED) is 0.605.